The molecule has 1 heterocycles. The topological polar surface area (TPSA) is 75.8 Å². The summed E-state index contributed by atoms with van der Waals surface area (Å²) in [5.74, 6) is 0.604. The normalized spacial score (nSPS) is 23.5. The zero-order valence-electron chi connectivity index (χ0n) is 12.9. The molecule has 1 N–H and O–H groups in total. The fourth-order valence-electron chi connectivity index (χ4n) is 2.88. The van der Waals surface area contributed by atoms with Crippen LogP contribution in [0.3, 0.4) is 0 Å². The van der Waals surface area contributed by atoms with Crippen LogP contribution in [-0.4, -0.2) is 39.7 Å². The van der Waals surface area contributed by atoms with Crippen molar-refractivity contribution in [2.24, 2.45) is 0 Å². The number of nitro benzene ring substituents is 1. The lowest BCUT2D eigenvalue weighted by molar-refractivity contribution is -0.385. The number of hydrogen-bond donors (Lipinski definition) is 1. The van der Waals surface area contributed by atoms with E-state index in [-0.39, 0.29) is 11.7 Å². The Morgan fingerprint density at radius 2 is 2.00 bits per heavy atom. The lowest BCUT2D eigenvalue weighted by atomic mass is 9.85. The minimum absolute atomic E-state index is 0.0152. The second kappa shape index (κ2) is 5.61. The molecule has 1 aliphatic heterocycles. The Bertz CT molecular complexity index is 540. The molecule has 2 unspecified atom stereocenters. The van der Waals surface area contributed by atoms with Crippen molar-refractivity contribution in [3.8, 4) is 5.75 Å². The smallest absolute Gasteiger partial charge is 0.270 e. The van der Waals surface area contributed by atoms with Gasteiger partial charge in [0.15, 0.2) is 0 Å². The van der Waals surface area contributed by atoms with Gasteiger partial charge in [-0.1, -0.05) is 13.8 Å². The Morgan fingerprint density at radius 3 is 2.52 bits per heavy atom. The maximum Gasteiger partial charge on any atom is 0.270 e. The summed E-state index contributed by atoms with van der Waals surface area (Å²) in [4.78, 5) is 12.7. The molecule has 2 rings (SSSR count). The van der Waals surface area contributed by atoms with E-state index in [2.05, 4.69) is 4.90 Å². The van der Waals surface area contributed by atoms with Gasteiger partial charge in [-0.3, -0.25) is 15.0 Å². The maximum atomic E-state index is 11.0. The van der Waals surface area contributed by atoms with E-state index in [4.69, 9.17) is 4.74 Å². The minimum Gasteiger partial charge on any atom is -0.485 e. The van der Waals surface area contributed by atoms with Gasteiger partial charge in [0.25, 0.3) is 5.69 Å². The Kier molecular flexibility index (Phi) is 4.20. The number of non-ortho nitro benzene ring substituents is 1. The quantitative estimate of drug-likeness (QED) is 0.682. The summed E-state index contributed by atoms with van der Waals surface area (Å²) >= 11 is 0. The molecule has 0 fully saturated rings. The van der Waals surface area contributed by atoms with Gasteiger partial charge < -0.3 is 9.84 Å². The van der Waals surface area contributed by atoms with Crippen LogP contribution in [0.5, 0.6) is 5.75 Å². The van der Waals surface area contributed by atoms with Gasteiger partial charge in [-0.15, -0.1) is 0 Å². The van der Waals surface area contributed by atoms with E-state index in [0.717, 1.165) is 13.1 Å². The van der Waals surface area contributed by atoms with Crippen LogP contribution in [-0.2, 0) is 0 Å². The van der Waals surface area contributed by atoms with Crippen molar-refractivity contribution in [3.05, 3.63) is 33.9 Å². The molecule has 6 heteroatoms. The van der Waals surface area contributed by atoms with E-state index in [0.29, 0.717) is 11.3 Å². The number of nitro groups is 1. The summed E-state index contributed by atoms with van der Waals surface area (Å²) < 4.78 is 5.84. The monoisotopic (exact) mass is 294 g/mol. The summed E-state index contributed by atoms with van der Waals surface area (Å²) in [5, 5.41) is 21.7. The number of aliphatic hydroxyl groups is 1. The molecule has 116 valence electrons. The summed E-state index contributed by atoms with van der Waals surface area (Å²) in [6, 6.07) is 4.26. The second-order valence-electron chi connectivity index (χ2n) is 5.80. The highest BCUT2D eigenvalue weighted by Gasteiger charge is 2.45. The van der Waals surface area contributed by atoms with Crippen LogP contribution in [0.4, 0.5) is 5.69 Å². The van der Waals surface area contributed by atoms with E-state index in [9.17, 15) is 15.2 Å². The first kappa shape index (κ1) is 15.7. The first-order valence-corrected chi connectivity index (χ1v) is 7.21. The van der Waals surface area contributed by atoms with Crippen LogP contribution in [0.15, 0.2) is 18.2 Å². The third kappa shape index (κ3) is 2.73. The van der Waals surface area contributed by atoms with Crippen molar-refractivity contribution in [3.63, 3.8) is 0 Å². The molecule has 2 atom stereocenters. The van der Waals surface area contributed by atoms with Gasteiger partial charge in [0, 0.05) is 17.7 Å². The molecule has 1 aromatic rings. The number of hydrogen-bond acceptors (Lipinski definition) is 5. The zero-order chi connectivity index (χ0) is 15.8. The molecule has 0 saturated carbocycles. The molecular weight excluding hydrogens is 272 g/mol. The number of fused-ring (bicyclic) bond motifs is 1. The standard InChI is InChI=1S/C15H22N2O4/c1-5-16(6-2)13-11-9-10(17(19)20)7-8-12(11)21-15(3,4)14(13)18/h7-9,13-14,18H,5-6H2,1-4H3. The molecule has 0 amide bonds. The van der Waals surface area contributed by atoms with Crippen LogP contribution < -0.4 is 4.74 Å². The summed E-state index contributed by atoms with van der Waals surface area (Å²) in [6.07, 6.45) is -0.757. The van der Waals surface area contributed by atoms with Gasteiger partial charge >= 0.3 is 0 Å². The van der Waals surface area contributed by atoms with Crippen molar-refractivity contribution in [2.45, 2.75) is 45.4 Å². The average Bonchev–Trinajstić information content (AvgIpc) is 2.43. The van der Waals surface area contributed by atoms with Gasteiger partial charge in [-0.25, -0.2) is 0 Å². The third-order valence-corrected chi connectivity index (χ3v) is 4.11. The Labute approximate surface area is 124 Å². The van der Waals surface area contributed by atoms with Crippen molar-refractivity contribution < 1.29 is 14.8 Å². The lowest BCUT2D eigenvalue weighted by Crippen LogP contribution is -2.53. The molecule has 0 radical (unpaired) electrons. The highest BCUT2D eigenvalue weighted by molar-refractivity contribution is 5.48. The lowest BCUT2D eigenvalue weighted by Gasteiger charge is -2.45. The zero-order valence-corrected chi connectivity index (χ0v) is 12.9. The number of nitrogens with zero attached hydrogens (tertiary/aromatic N) is 2. The van der Waals surface area contributed by atoms with E-state index in [1.807, 2.05) is 27.7 Å². The molecule has 0 bridgehead atoms. The fourth-order valence-corrected chi connectivity index (χ4v) is 2.88. The molecule has 0 spiro atoms. The second-order valence-corrected chi connectivity index (χ2v) is 5.80. The van der Waals surface area contributed by atoms with Crippen LogP contribution >= 0.6 is 0 Å². The molecule has 1 aliphatic rings. The van der Waals surface area contributed by atoms with Gasteiger partial charge in [0.2, 0.25) is 0 Å². The summed E-state index contributed by atoms with van der Waals surface area (Å²) in [7, 11) is 0. The number of ether oxygens (including phenoxy) is 1. The predicted molar refractivity (Wildman–Crippen MR) is 79.5 cm³/mol. The van der Waals surface area contributed by atoms with E-state index in [1.54, 1.807) is 6.07 Å². The summed E-state index contributed by atoms with van der Waals surface area (Å²) in [6.45, 7) is 9.18. The Hall–Kier alpha value is -1.66. The molecule has 0 saturated heterocycles. The van der Waals surface area contributed by atoms with Crippen LogP contribution in [0.25, 0.3) is 0 Å². The molecule has 0 aliphatic carbocycles. The van der Waals surface area contributed by atoms with Gasteiger partial charge in [0.05, 0.1) is 11.0 Å². The molecule has 6 nitrogen and oxygen atoms in total. The summed E-state index contributed by atoms with van der Waals surface area (Å²) in [5.41, 5.74) is -0.0442. The minimum atomic E-state index is -0.757. The first-order valence-electron chi connectivity index (χ1n) is 7.21. The largest absolute Gasteiger partial charge is 0.485 e. The SMILES string of the molecule is CCN(CC)C1c2cc([N+](=O)[O-])ccc2OC(C)(C)C1O. The number of benzene rings is 1. The number of aliphatic hydroxyl groups excluding tert-OH is 1. The number of likely N-dealkylation sites (N-methyl/N-ethyl adjacent to an activating group) is 1. The van der Waals surface area contributed by atoms with Gasteiger partial charge in [-0.05, 0) is 33.0 Å². The van der Waals surface area contributed by atoms with Gasteiger partial charge in [0.1, 0.15) is 17.5 Å². The predicted octanol–water partition coefficient (Wildman–Crippen LogP) is 2.51. The van der Waals surface area contributed by atoms with Gasteiger partial charge in [-0.2, -0.15) is 0 Å². The van der Waals surface area contributed by atoms with Crippen molar-refractivity contribution in [1.29, 1.82) is 0 Å². The van der Waals surface area contributed by atoms with Crippen LogP contribution in [0.1, 0.15) is 39.3 Å². The maximum absolute atomic E-state index is 11.0. The Morgan fingerprint density at radius 1 is 1.38 bits per heavy atom. The van der Waals surface area contributed by atoms with E-state index in [1.165, 1.54) is 12.1 Å². The van der Waals surface area contributed by atoms with Crippen LogP contribution in [0.2, 0.25) is 0 Å². The number of rotatable bonds is 4. The fraction of sp³-hybridized carbons (Fsp3) is 0.600. The van der Waals surface area contributed by atoms with E-state index < -0.39 is 16.6 Å². The van der Waals surface area contributed by atoms with Crippen molar-refractivity contribution in [1.82, 2.24) is 4.90 Å². The first-order chi connectivity index (χ1) is 9.81. The molecule has 1 aromatic carbocycles. The van der Waals surface area contributed by atoms with Crippen molar-refractivity contribution >= 4 is 5.69 Å². The van der Waals surface area contributed by atoms with E-state index >= 15 is 0 Å². The highest BCUT2D eigenvalue weighted by atomic mass is 16.6. The third-order valence-electron chi connectivity index (χ3n) is 4.11. The molecule has 0 aromatic heterocycles. The average molecular weight is 294 g/mol. The molecule has 21 heavy (non-hydrogen) atoms. The molecular formula is C15H22N2O4. The Balaban J connectivity index is 2.57. The highest BCUT2D eigenvalue weighted by Crippen LogP contribution is 2.43. The van der Waals surface area contributed by atoms with Crippen LogP contribution in [0, 0.1) is 10.1 Å². The van der Waals surface area contributed by atoms with Crippen molar-refractivity contribution in [2.75, 3.05) is 13.1 Å².